The van der Waals surface area contributed by atoms with Crippen molar-refractivity contribution >= 4 is 0 Å². The van der Waals surface area contributed by atoms with E-state index in [1.165, 1.54) is 16.7 Å². The summed E-state index contributed by atoms with van der Waals surface area (Å²) in [6.45, 7) is 0. The molecular formula is C129H87N15. The number of aromatic nitrogens is 15. The van der Waals surface area contributed by atoms with Gasteiger partial charge in [0.2, 0.25) is 0 Å². The van der Waals surface area contributed by atoms with Crippen LogP contribution in [0.5, 0.6) is 0 Å². The van der Waals surface area contributed by atoms with Gasteiger partial charge >= 0.3 is 0 Å². The van der Waals surface area contributed by atoms with E-state index < -0.39 is 0 Å². The minimum atomic E-state index is 0.570. The first-order chi connectivity index (χ1) is 71.3. The van der Waals surface area contributed by atoms with Crippen LogP contribution in [-0.2, 0) is 0 Å². The average molecular weight is 1850 g/mol. The molecule has 15 aromatic carbocycles. The molecule has 0 unspecified atom stereocenters. The number of rotatable bonds is 21. The Morgan fingerprint density at radius 1 is 0.0833 bits per heavy atom. The Hall–Kier alpha value is -19.8. The summed E-state index contributed by atoms with van der Waals surface area (Å²) in [5, 5.41) is 0. The number of pyridine rings is 6. The predicted molar refractivity (Wildman–Crippen MR) is 580 cm³/mol. The third-order valence-electron chi connectivity index (χ3n) is 24.7. The van der Waals surface area contributed by atoms with Gasteiger partial charge in [0.15, 0.2) is 52.4 Å². The molecule has 15 heteroatoms. The van der Waals surface area contributed by atoms with Crippen molar-refractivity contribution in [3.05, 3.63) is 529 Å². The zero-order chi connectivity index (χ0) is 96.4. The summed E-state index contributed by atoms with van der Waals surface area (Å²) in [5.74, 6) is 5.36. The highest BCUT2D eigenvalue weighted by atomic mass is 15.1. The highest BCUT2D eigenvalue weighted by Gasteiger charge is 2.22. The van der Waals surface area contributed by atoms with Crippen molar-refractivity contribution in [3.8, 4) is 237 Å². The first-order valence-corrected chi connectivity index (χ1v) is 47.5. The lowest BCUT2D eigenvalue weighted by Crippen LogP contribution is -2.01. The number of hydrogen-bond donors (Lipinski definition) is 0. The van der Waals surface area contributed by atoms with Crippen LogP contribution in [-0.4, -0.2) is 74.8 Å². The van der Waals surface area contributed by atoms with Crippen molar-refractivity contribution in [2.75, 3.05) is 0 Å². The van der Waals surface area contributed by atoms with Crippen molar-refractivity contribution in [3.63, 3.8) is 0 Å². The third-order valence-corrected chi connectivity index (χ3v) is 24.7. The highest BCUT2D eigenvalue weighted by Crippen LogP contribution is 2.40. The summed E-state index contributed by atoms with van der Waals surface area (Å²) in [5.41, 5.74) is 32.8. The Labute approximate surface area is 834 Å². The molecule has 0 aliphatic rings. The minimum Gasteiger partial charge on any atom is -0.256 e. The summed E-state index contributed by atoms with van der Waals surface area (Å²) in [6, 6.07) is 167. The zero-order valence-corrected chi connectivity index (χ0v) is 77.9. The van der Waals surface area contributed by atoms with Crippen LogP contribution >= 0.6 is 0 Å². The van der Waals surface area contributed by atoms with Crippen LogP contribution in [0.15, 0.2) is 529 Å². The summed E-state index contributed by atoms with van der Waals surface area (Å²) < 4.78 is 0. The maximum atomic E-state index is 5.18. The molecule has 15 nitrogen and oxygen atoms in total. The van der Waals surface area contributed by atoms with E-state index in [2.05, 4.69) is 321 Å². The molecule has 9 aromatic heterocycles. The largest absolute Gasteiger partial charge is 0.256 e. The third kappa shape index (κ3) is 21.0. The molecule has 0 aliphatic carbocycles. The molecule has 0 saturated carbocycles. The van der Waals surface area contributed by atoms with Gasteiger partial charge < -0.3 is 0 Å². The van der Waals surface area contributed by atoms with E-state index in [0.717, 1.165) is 168 Å². The molecule has 144 heavy (non-hydrogen) atoms. The van der Waals surface area contributed by atoms with Crippen molar-refractivity contribution < 1.29 is 0 Å². The van der Waals surface area contributed by atoms with Gasteiger partial charge in [-0.3, -0.25) is 29.9 Å². The summed E-state index contributed by atoms with van der Waals surface area (Å²) in [4.78, 5) is 73.0. The molecule has 24 rings (SSSR count). The maximum Gasteiger partial charge on any atom is 0.164 e. The topological polar surface area (TPSA) is 193 Å². The van der Waals surface area contributed by atoms with Gasteiger partial charge in [0.1, 0.15) is 0 Å². The lowest BCUT2D eigenvalue weighted by Gasteiger charge is -2.13. The Bertz CT molecular complexity index is 8010. The van der Waals surface area contributed by atoms with E-state index in [9.17, 15) is 0 Å². The Balaban J connectivity index is 0.000000124. The van der Waals surface area contributed by atoms with E-state index in [-0.39, 0.29) is 0 Å². The molecule has 9 heterocycles. The fourth-order valence-electron chi connectivity index (χ4n) is 17.3. The van der Waals surface area contributed by atoms with Crippen molar-refractivity contribution in [2.24, 2.45) is 0 Å². The smallest absolute Gasteiger partial charge is 0.164 e. The van der Waals surface area contributed by atoms with E-state index in [1.807, 2.05) is 213 Å². The molecule has 678 valence electrons. The predicted octanol–water partition coefficient (Wildman–Crippen LogP) is 31.0. The Morgan fingerprint density at radius 2 is 0.236 bits per heavy atom. The normalized spacial score (nSPS) is 10.9. The van der Waals surface area contributed by atoms with E-state index in [1.54, 1.807) is 24.8 Å². The van der Waals surface area contributed by atoms with Crippen molar-refractivity contribution in [1.82, 2.24) is 74.8 Å². The zero-order valence-electron chi connectivity index (χ0n) is 77.9. The van der Waals surface area contributed by atoms with Crippen LogP contribution in [0.2, 0.25) is 0 Å². The SMILES string of the molecule is c1ccc(-c2ccc(-c3cc(-c4ccccc4)cc(-c4nc(-c5cccc(-c6ccccn6)c5)nc(-c5cccc(-c6ccccn6)c5)n4)c3)cc2)cc1.c1ccc(-c2ccc(-c3nc(-c4ccc(-c5ccccn5)cc4)nc(-c4ccc(-c5ccccn5)cc4)n3)cc2)cc1.c1ccc(-c2cccc(-c3nc(-c4cccc(-c5ccccc5)c4)nc(-c4cc(-c5ccccn5)cc(-c5ccccn5)c4)n3)c2)cc1. The fraction of sp³-hybridized carbons (Fsp3) is 0. The van der Waals surface area contributed by atoms with E-state index in [4.69, 9.17) is 44.9 Å². The van der Waals surface area contributed by atoms with Crippen LogP contribution < -0.4 is 0 Å². The van der Waals surface area contributed by atoms with Crippen LogP contribution in [0, 0.1) is 0 Å². The van der Waals surface area contributed by atoms with Gasteiger partial charge in [-0.05, 0) is 200 Å². The number of nitrogens with zero attached hydrogens (tertiary/aromatic N) is 15. The standard InChI is InChI=1S/C49H33N5.C43H29N5.C37H25N5/c1-3-13-34(14-4-1)36-23-25-37(26-24-36)43-31-42(35-15-5-2-6-16-35)32-44(33-43)49-53-47(40-19-11-17-38(29-40)45-21-7-9-27-50-45)52-48(54-49)41-20-12-18-39(30-41)46-22-8-10-28-51-46;1-3-13-30(14-4-1)32-17-11-19-34(25-32)41-46-42(35-20-12-18-33(26-35)31-15-5-2-6-16-31)48-43(47-41)38-28-36(39-21-7-9-23-44-39)27-37(29-38)40-22-8-10-24-45-40;1-2-8-26(9-3-1)27-12-18-30(19-13-27)35-40-36(31-20-14-28(15-21-31)33-10-4-6-24-38-33)42-37(41-35)32-22-16-29(17-23-32)34-11-5-7-25-39-34/h1-33H;1-29H;1-25H. The van der Waals surface area contributed by atoms with Crippen LogP contribution in [0.25, 0.3) is 237 Å². The van der Waals surface area contributed by atoms with Gasteiger partial charge in [-0.25, -0.2) is 44.9 Å². The van der Waals surface area contributed by atoms with Crippen LogP contribution in [0.4, 0.5) is 0 Å². The maximum absolute atomic E-state index is 5.18. The minimum absolute atomic E-state index is 0.570. The second-order valence-electron chi connectivity index (χ2n) is 34.3. The Kier molecular flexibility index (Phi) is 26.4. The average Bonchev–Trinajstić information content (AvgIpc) is 0.783. The quantitative estimate of drug-likeness (QED) is 0.0659. The molecule has 0 N–H and O–H groups in total. The van der Waals surface area contributed by atoms with Gasteiger partial charge in [0.05, 0.1) is 34.2 Å². The van der Waals surface area contributed by atoms with Crippen LogP contribution in [0.3, 0.4) is 0 Å². The van der Waals surface area contributed by atoms with Gasteiger partial charge in [-0.1, -0.05) is 358 Å². The van der Waals surface area contributed by atoms with Crippen molar-refractivity contribution in [2.45, 2.75) is 0 Å². The summed E-state index contributed by atoms with van der Waals surface area (Å²) in [6.07, 6.45) is 10.8. The van der Waals surface area contributed by atoms with Crippen molar-refractivity contribution in [1.29, 1.82) is 0 Å². The van der Waals surface area contributed by atoms with Gasteiger partial charge in [-0.2, -0.15) is 0 Å². The van der Waals surface area contributed by atoms with Gasteiger partial charge in [0.25, 0.3) is 0 Å². The molecule has 0 spiro atoms. The Morgan fingerprint density at radius 3 is 0.507 bits per heavy atom. The fourth-order valence-corrected chi connectivity index (χ4v) is 17.3. The molecule has 0 saturated heterocycles. The molecule has 0 amide bonds. The highest BCUT2D eigenvalue weighted by molar-refractivity contribution is 5.85. The lowest BCUT2D eigenvalue weighted by atomic mass is 9.94. The summed E-state index contributed by atoms with van der Waals surface area (Å²) >= 11 is 0. The number of hydrogen-bond acceptors (Lipinski definition) is 15. The van der Waals surface area contributed by atoms with Crippen LogP contribution in [0.1, 0.15) is 0 Å². The molecule has 0 bridgehead atoms. The molecule has 0 radical (unpaired) electrons. The molecule has 0 atom stereocenters. The first-order valence-electron chi connectivity index (χ1n) is 47.5. The molecule has 0 fully saturated rings. The lowest BCUT2D eigenvalue weighted by molar-refractivity contribution is 1.07. The van der Waals surface area contributed by atoms with E-state index >= 15 is 0 Å². The second kappa shape index (κ2) is 42.5. The summed E-state index contributed by atoms with van der Waals surface area (Å²) in [7, 11) is 0. The van der Waals surface area contributed by atoms with Gasteiger partial charge in [0, 0.05) is 121 Å². The van der Waals surface area contributed by atoms with Gasteiger partial charge in [-0.15, -0.1) is 0 Å². The molecular weight excluding hydrogens is 1760 g/mol. The van der Waals surface area contributed by atoms with E-state index in [0.29, 0.717) is 52.4 Å². The monoisotopic (exact) mass is 1850 g/mol. The molecule has 0 aliphatic heterocycles. The molecule has 24 aromatic rings. The number of benzene rings is 15. The second-order valence-corrected chi connectivity index (χ2v) is 34.3. The first kappa shape index (κ1) is 89.4.